The monoisotopic (exact) mass is 487 g/mol. The first-order chi connectivity index (χ1) is 14.9. The topological polar surface area (TPSA) is 81.5 Å². The van der Waals surface area contributed by atoms with Crippen LogP contribution in [0.2, 0.25) is 5.02 Å². The number of benzene rings is 2. The highest BCUT2D eigenvalue weighted by molar-refractivity contribution is 7.92. The molecule has 0 radical (unpaired) electrons. The van der Waals surface area contributed by atoms with Crippen LogP contribution < -0.4 is 9.04 Å². The van der Waals surface area contributed by atoms with E-state index in [1.165, 1.54) is 36.0 Å². The maximum atomic E-state index is 13.1. The molecular formula is C20H17ClF3N3O4S. The first-order valence-corrected chi connectivity index (χ1v) is 10.9. The van der Waals surface area contributed by atoms with Gasteiger partial charge in [-0.2, -0.15) is 18.3 Å². The minimum Gasteiger partial charge on any atom is -0.425 e. The van der Waals surface area contributed by atoms with Gasteiger partial charge in [-0.1, -0.05) is 11.6 Å². The van der Waals surface area contributed by atoms with E-state index in [4.69, 9.17) is 16.3 Å². The molecule has 3 aromatic rings. The molecule has 0 saturated heterocycles. The van der Waals surface area contributed by atoms with Crippen LogP contribution in [0.25, 0.3) is 0 Å². The average Bonchev–Trinajstić information content (AvgIpc) is 3.11. The molecule has 12 heteroatoms. The number of sulfonamides is 1. The van der Waals surface area contributed by atoms with Crippen LogP contribution in [0.5, 0.6) is 5.75 Å². The fourth-order valence-electron chi connectivity index (χ4n) is 2.75. The maximum Gasteiger partial charge on any atom is 0.417 e. The Morgan fingerprint density at radius 3 is 2.41 bits per heavy atom. The summed E-state index contributed by atoms with van der Waals surface area (Å²) >= 11 is 5.56. The smallest absolute Gasteiger partial charge is 0.417 e. The zero-order valence-electron chi connectivity index (χ0n) is 16.8. The molecule has 0 aliphatic heterocycles. The molecule has 0 N–H and O–H groups in total. The van der Waals surface area contributed by atoms with Crippen molar-refractivity contribution < 1.29 is 31.1 Å². The Balaban J connectivity index is 1.76. The summed E-state index contributed by atoms with van der Waals surface area (Å²) in [6, 6.07) is 7.83. The van der Waals surface area contributed by atoms with Gasteiger partial charge in [-0.25, -0.2) is 13.2 Å². The quantitative estimate of drug-likeness (QED) is 0.382. The van der Waals surface area contributed by atoms with Crippen LogP contribution in [0.4, 0.5) is 18.9 Å². The molecule has 0 amide bonds. The second-order valence-electron chi connectivity index (χ2n) is 6.80. The number of halogens is 4. The number of aromatic nitrogens is 2. The van der Waals surface area contributed by atoms with Crippen LogP contribution in [0.15, 0.2) is 59.8 Å². The standard InChI is InChI=1S/C20H17ClF3N3O4S/c1-13-10-25-27(11-13)12-19(28)31-15-5-3-14(4-6-15)26(2)32(29,30)16-7-8-18(21)17(9-16)20(22,23)24/h3-11H,12H2,1-2H3. The molecule has 32 heavy (non-hydrogen) atoms. The van der Waals surface area contributed by atoms with Crippen molar-refractivity contribution in [3.8, 4) is 5.75 Å². The van der Waals surface area contributed by atoms with Crippen molar-refractivity contribution >= 4 is 33.3 Å². The molecule has 0 atom stereocenters. The largest absolute Gasteiger partial charge is 0.425 e. The summed E-state index contributed by atoms with van der Waals surface area (Å²) < 4.78 is 72.3. The van der Waals surface area contributed by atoms with Gasteiger partial charge in [0, 0.05) is 13.2 Å². The lowest BCUT2D eigenvalue weighted by atomic mass is 10.2. The number of carbonyl (C=O) groups excluding carboxylic acids is 1. The van der Waals surface area contributed by atoms with Crippen molar-refractivity contribution in [1.82, 2.24) is 9.78 Å². The number of alkyl halides is 3. The van der Waals surface area contributed by atoms with Crippen LogP contribution in [0.1, 0.15) is 11.1 Å². The first-order valence-electron chi connectivity index (χ1n) is 9.03. The molecule has 1 heterocycles. The fraction of sp³-hybridized carbons (Fsp3) is 0.200. The van der Waals surface area contributed by atoms with Gasteiger partial charge in [0.1, 0.15) is 12.3 Å². The lowest BCUT2D eigenvalue weighted by Gasteiger charge is -2.20. The zero-order chi connectivity index (χ0) is 23.7. The summed E-state index contributed by atoms with van der Waals surface area (Å²) in [4.78, 5) is 11.4. The van der Waals surface area contributed by atoms with Crippen molar-refractivity contribution in [2.24, 2.45) is 0 Å². The van der Waals surface area contributed by atoms with Crippen LogP contribution in [0.3, 0.4) is 0 Å². The molecule has 0 saturated carbocycles. The molecular weight excluding hydrogens is 471 g/mol. The Kier molecular flexibility index (Phi) is 6.51. The van der Waals surface area contributed by atoms with Gasteiger partial charge in [0.25, 0.3) is 10.0 Å². The maximum absolute atomic E-state index is 13.1. The van der Waals surface area contributed by atoms with E-state index in [9.17, 15) is 26.4 Å². The molecule has 7 nitrogen and oxygen atoms in total. The van der Waals surface area contributed by atoms with Crippen molar-refractivity contribution in [2.45, 2.75) is 24.5 Å². The summed E-state index contributed by atoms with van der Waals surface area (Å²) in [7, 11) is -3.12. The number of rotatable bonds is 6. The number of nitrogens with zero attached hydrogens (tertiary/aromatic N) is 3. The SMILES string of the molecule is Cc1cnn(CC(=O)Oc2ccc(N(C)S(=O)(=O)c3ccc(Cl)c(C(F)(F)F)c3)cc2)c1. The van der Waals surface area contributed by atoms with E-state index in [-0.39, 0.29) is 18.0 Å². The van der Waals surface area contributed by atoms with E-state index in [0.717, 1.165) is 22.0 Å². The first kappa shape index (κ1) is 23.6. The summed E-state index contributed by atoms with van der Waals surface area (Å²) in [6.07, 6.45) is -1.54. The van der Waals surface area contributed by atoms with Gasteiger partial charge >= 0.3 is 12.1 Å². The second-order valence-corrected chi connectivity index (χ2v) is 9.17. The molecule has 0 aliphatic carbocycles. The average molecular weight is 488 g/mol. The van der Waals surface area contributed by atoms with Crippen molar-refractivity contribution in [1.29, 1.82) is 0 Å². The third-order valence-corrected chi connectivity index (χ3v) is 6.50. The van der Waals surface area contributed by atoms with Crippen molar-refractivity contribution in [3.05, 3.63) is 71.0 Å². The minimum atomic E-state index is -4.80. The molecule has 0 fully saturated rings. The molecule has 3 rings (SSSR count). The van der Waals surface area contributed by atoms with E-state index in [1.54, 1.807) is 12.4 Å². The molecule has 0 aliphatic rings. The Hall–Kier alpha value is -3.05. The van der Waals surface area contributed by atoms with Crippen LogP contribution in [-0.2, 0) is 27.5 Å². The van der Waals surface area contributed by atoms with E-state index < -0.39 is 37.7 Å². The van der Waals surface area contributed by atoms with E-state index >= 15 is 0 Å². The predicted molar refractivity (Wildman–Crippen MR) is 111 cm³/mol. The number of anilines is 1. The molecule has 170 valence electrons. The minimum absolute atomic E-state index is 0.109. The number of ether oxygens (including phenoxy) is 1. The predicted octanol–water partition coefficient (Wildman–Crippen LogP) is 4.29. The highest BCUT2D eigenvalue weighted by Gasteiger charge is 2.35. The van der Waals surface area contributed by atoms with Gasteiger partial charge in [0.15, 0.2) is 0 Å². The Morgan fingerprint density at radius 1 is 1.19 bits per heavy atom. The zero-order valence-corrected chi connectivity index (χ0v) is 18.4. The van der Waals surface area contributed by atoms with Gasteiger partial charge in [-0.05, 0) is 55.0 Å². The lowest BCUT2D eigenvalue weighted by Crippen LogP contribution is -2.27. The fourth-order valence-corrected chi connectivity index (χ4v) is 4.20. The Bertz CT molecular complexity index is 1240. The molecule has 1 aromatic heterocycles. The molecule has 0 spiro atoms. The number of esters is 1. The normalized spacial score (nSPS) is 11.9. The third-order valence-electron chi connectivity index (χ3n) is 4.39. The van der Waals surface area contributed by atoms with Gasteiger partial charge in [-0.15, -0.1) is 0 Å². The Morgan fingerprint density at radius 2 is 1.84 bits per heavy atom. The van der Waals surface area contributed by atoms with Gasteiger partial charge in [0.2, 0.25) is 0 Å². The van der Waals surface area contributed by atoms with Crippen LogP contribution in [0, 0.1) is 6.92 Å². The highest BCUT2D eigenvalue weighted by atomic mass is 35.5. The van der Waals surface area contributed by atoms with Crippen LogP contribution in [-0.4, -0.2) is 31.2 Å². The van der Waals surface area contributed by atoms with Crippen molar-refractivity contribution in [2.75, 3.05) is 11.4 Å². The highest BCUT2D eigenvalue weighted by Crippen LogP contribution is 2.36. The van der Waals surface area contributed by atoms with Crippen molar-refractivity contribution in [3.63, 3.8) is 0 Å². The second kappa shape index (κ2) is 8.83. The van der Waals surface area contributed by atoms with Gasteiger partial charge < -0.3 is 4.74 Å². The number of hydrogen-bond donors (Lipinski definition) is 0. The third kappa shape index (κ3) is 5.22. The summed E-state index contributed by atoms with van der Waals surface area (Å²) in [5, 5.41) is 3.38. The van der Waals surface area contributed by atoms with E-state index in [2.05, 4.69) is 5.10 Å². The van der Waals surface area contributed by atoms with Gasteiger partial charge in [-0.3, -0.25) is 8.99 Å². The Labute approximate surface area is 187 Å². The number of aryl methyl sites for hydroxylation is 1. The van der Waals surface area contributed by atoms with E-state index in [0.29, 0.717) is 6.07 Å². The summed E-state index contributed by atoms with van der Waals surface area (Å²) in [5.74, 6) is -0.415. The number of hydrogen-bond acceptors (Lipinski definition) is 5. The molecule has 0 bridgehead atoms. The van der Waals surface area contributed by atoms with Crippen LogP contribution >= 0.6 is 11.6 Å². The summed E-state index contributed by atoms with van der Waals surface area (Å²) in [6.45, 7) is 1.72. The van der Waals surface area contributed by atoms with E-state index in [1.807, 2.05) is 6.92 Å². The molecule has 2 aromatic carbocycles. The summed E-state index contributed by atoms with van der Waals surface area (Å²) in [5.41, 5.74) is -0.214. The van der Waals surface area contributed by atoms with Gasteiger partial charge in [0.05, 0.1) is 27.4 Å². The number of carbonyl (C=O) groups is 1. The molecule has 0 unspecified atom stereocenters. The lowest BCUT2D eigenvalue weighted by molar-refractivity contribution is -0.137.